The topological polar surface area (TPSA) is 130 Å². The van der Waals surface area contributed by atoms with Crippen LogP contribution in [0.4, 0.5) is 0 Å². The van der Waals surface area contributed by atoms with E-state index in [1.165, 1.54) is 10.1 Å². The van der Waals surface area contributed by atoms with Gasteiger partial charge in [0.25, 0.3) is 11.5 Å². The summed E-state index contributed by atoms with van der Waals surface area (Å²) >= 11 is 0. The van der Waals surface area contributed by atoms with E-state index in [4.69, 9.17) is 0 Å². The van der Waals surface area contributed by atoms with Gasteiger partial charge in [0.2, 0.25) is 0 Å². The largest absolute Gasteiger partial charge is 0.337 e. The number of aromatic amines is 2. The van der Waals surface area contributed by atoms with Crippen molar-refractivity contribution in [1.82, 2.24) is 44.6 Å². The molecule has 2 bridgehead atoms. The number of tetrazole rings is 1. The lowest BCUT2D eigenvalue weighted by Gasteiger charge is -2.39. The van der Waals surface area contributed by atoms with E-state index in [-0.39, 0.29) is 17.5 Å². The molecule has 2 N–H and O–H groups in total. The van der Waals surface area contributed by atoms with Gasteiger partial charge in [-0.05, 0) is 36.5 Å². The molecule has 2 aliphatic rings. The SMILES string of the molecule is O=c1[nH]c(=O)n(-c2nn[nH]n2)c2c1ncn2C1CC2CCC(C1)N2Cc1ccccc1. The zero-order valence-corrected chi connectivity index (χ0v) is 16.7. The fourth-order valence-corrected chi connectivity index (χ4v) is 5.27. The summed E-state index contributed by atoms with van der Waals surface area (Å²) < 4.78 is 3.22. The Balaban J connectivity index is 1.38. The zero-order valence-electron chi connectivity index (χ0n) is 16.7. The van der Waals surface area contributed by atoms with Crippen molar-refractivity contribution in [2.24, 2.45) is 0 Å². The Kier molecular flexibility index (Phi) is 4.10. The van der Waals surface area contributed by atoms with Gasteiger partial charge in [0.05, 0.1) is 6.33 Å². The summed E-state index contributed by atoms with van der Waals surface area (Å²) in [5.41, 5.74) is 0.816. The van der Waals surface area contributed by atoms with Crippen LogP contribution in [-0.4, -0.2) is 56.7 Å². The molecular formula is C20H21N9O2. The number of nitrogens with zero attached hydrogens (tertiary/aromatic N) is 7. The standard InChI is InChI=1S/C20H21N9O2/c30-17-16-18(29(20(31)22-17)19-23-25-26-24-19)28(11-21-16)15-8-13-6-7-14(9-15)27(13)10-12-4-2-1-3-5-12/h1-5,11,13-15H,6-10H2,(H,22,30,31)(H,23,24,25,26). The third kappa shape index (κ3) is 2.92. The van der Waals surface area contributed by atoms with E-state index < -0.39 is 11.2 Å². The number of aromatic nitrogens is 8. The highest BCUT2D eigenvalue weighted by molar-refractivity contribution is 5.71. The predicted molar refractivity (Wildman–Crippen MR) is 111 cm³/mol. The second-order valence-electron chi connectivity index (χ2n) is 8.30. The Morgan fingerprint density at radius 1 is 1.03 bits per heavy atom. The highest BCUT2D eigenvalue weighted by atomic mass is 16.2. The minimum absolute atomic E-state index is 0.0810. The molecule has 1 aromatic carbocycles. The molecule has 0 radical (unpaired) electrons. The van der Waals surface area contributed by atoms with Gasteiger partial charge in [-0.2, -0.15) is 5.21 Å². The number of hydrogen-bond acceptors (Lipinski definition) is 7. The van der Waals surface area contributed by atoms with Gasteiger partial charge in [0.1, 0.15) is 0 Å². The molecule has 2 unspecified atom stereocenters. The van der Waals surface area contributed by atoms with Gasteiger partial charge >= 0.3 is 5.69 Å². The van der Waals surface area contributed by atoms with Gasteiger partial charge in [-0.15, -0.1) is 5.10 Å². The van der Waals surface area contributed by atoms with Crippen LogP contribution in [0.5, 0.6) is 0 Å². The molecule has 2 atom stereocenters. The lowest BCUT2D eigenvalue weighted by atomic mass is 9.96. The quantitative estimate of drug-likeness (QED) is 0.499. The Morgan fingerprint density at radius 2 is 1.81 bits per heavy atom. The van der Waals surface area contributed by atoms with Crippen molar-refractivity contribution >= 4 is 11.2 Å². The molecule has 158 valence electrons. The summed E-state index contributed by atoms with van der Waals surface area (Å²) in [5.74, 6) is 0.0810. The summed E-state index contributed by atoms with van der Waals surface area (Å²) in [6.07, 6.45) is 5.83. The summed E-state index contributed by atoms with van der Waals surface area (Å²) in [6.45, 7) is 0.945. The normalized spacial score (nSPS) is 23.5. The average molecular weight is 419 g/mol. The lowest BCUT2D eigenvalue weighted by molar-refractivity contribution is 0.100. The molecule has 2 fully saturated rings. The number of fused-ring (bicyclic) bond motifs is 3. The van der Waals surface area contributed by atoms with E-state index in [0.717, 1.165) is 32.2 Å². The fraction of sp³-hybridized carbons (Fsp3) is 0.400. The van der Waals surface area contributed by atoms with Crippen LogP contribution in [0.2, 0.25) is 0 Å². The van der Waals surface area contributed by atoms with E-state index >= 15 is 0 Å². The monoisotopic (exact) mass is 419 g/mol. The molecule has 0 spiro atoms. The molecule has 11 heteroatoms. The molecule has 2 saturated heterocycles. The number of hydrogen-bond donors (Lipinski definition) is 2. The summed E-state index contributed by atoms with van der Waals surface area (Å²) in [6, 6.07) is 11.6. The molecule has 3 aromatic heterocycles. The van der Waals surface area contributed by atoms with Gasteiger partial charge in [0.15, 0.2) is 11.2 Å². The Hall–Kier alpha value is -3.60. The van der Waals surface area contributed by atoms with Crippen molar-refractivity contribution in [3.05, 3.63) is 63.1 Å². The third-order valence-corrected chi connectivity index (χ3v) is 6.61. The van der Waals surface area contributed by atoms with Gasteiger partial charge in [-0.3, -0.25) is 14.7 Å². The van der Waals surface area contributed by atoms with Crippen LogP contribution < -0.4 is 11.2 Å². The first kappa shape index (κ1) is 18.2. The minimum atomic E-state index is -0.606. The summed E-state index contributed by atoms with van der Waals surface area (Å²) in [4.78, 5) is 34.2. The van der Waals surface area contributed by atoms with E-state index in [2.05, 4.69) is 59.8 Å². The first-order chi connectivity index (χ1) is 15.2. The van der Waals surface area contributed by atoms with Crippen LogP contribution in [0.1, 0.15) is 37.3 Å². The number of H-pyrrole nitrogens is 2. The van der Waals surface area contributed by atoms with Crippen molar-refractivity contribution in [2.45, 2.75) is 50.4 Å². The van der Waals surface area contributed by atoms with Crippen molar-refractivity contribution in [2.75, 3.05) is 0 Å². The molecule has 0 amide bonds. The van der Waals surface area contributed by atoms with E-state index in [1.54, 1.807) is 6.33 Å². The van der Waals surface area contributed by atoms with Crippen molar-refractivity contribution < 1.29 is 0 Å². The van der Waals surface area contributed by atoms with Crippen molar-refractivity contribution in [3.8, 4) is 5.95 Å². The van der Waals surface area contributed by atoms with Crippen molar-refractivity contribution in [3.63, 3.8) is 0 Å². The van der Waals surface area contributed by atoms with Gasteiger partial charge < -0.3 is 4.57 Å². The number of benzene rings is 1. The third-order valence-electron chi connectivity index (χ3n) is 6.61. The molecule has 4 aromatic rings. The lowest BCUT2D eigenvalue weighted by Crippen LogP contribution is -2.43. The maximum Gasteiger partial charge on any atom is 0.337 e. The maximum atomic E-state index is 12.6. The first-order valence-electron chi connectivity index (χ1n) is 10.4. The molecule has 6 rings (SSSR count). The maximum absolute atomic E-state index is 12.6. The fourth-order valence-electron chi connectivity index (χ4n) is 5.27. The van der Waals surface area contributed by atoms with E-state index in [0.29, 0.717) is 17.7 Å². The van der Waals surface area contributed by atoms with Crippen LogP contribution in [0.15, 0.2) is 46.2 Å². The molecule has 2 aliphatic heterocycles. The number of piperidine rings is 1. The van der Waals surface area contributed by atoms with Crippen molar-refractivity contribution in [1.29, 1.82) is 0 Å². The highest BCUT2D eigenvalue weighted by Crippen LogP contribution is 2.42. The Morgan fingerprint density at radius 3 is 2.52 bits per heavy atom. The molecule has 0 saturated carbocycles. The molecule has 5 heterocycles. The zero-order chi connectivity index (χ0) is 20.9. The highest BCUT2D eigenvalue weighted by Gasteiger charge is 2.41. The second-order valence-corrected chi connectivity index (χ2v) is 8.30. The summed E-state index contributed by atoms with van der Waals surface area (Å²) in [7, 11) is 0. The van der Waals surface area contributed by atoms with E-state index in [1.807, 2.05) is 10.6 Å². The number of imidazole rings is 1. The number of nitrogens with one attached hydrogen (secondary N) is 2. The Bertz CT molecular complexity index is 1320. The van der Waals surface area contributed by atoms with Crippen LogP contribution in [0, 0.1) is 0 Å². The van der Waals surface area contributed by atoms with Gasteiger partial charge in [-0.1, -0.05) is 35.4 Å². The second kappa shape index (κ2) is 6.98. The Labute approximate surface area is 175 Å². The number of rotatable bonds is 4. The first-order valence-corrected chi connectivity index (χ1v) is 10.4. The minimum Gasteiger partial charge on any atom is -0.313 e. The van der Waals surface area contributed by atoms with Crippen LogP contribution >= 0.6 is 0 Å². The van der Waals surface area contributed by atoms with Gasteiger partial charge in [-0.25, -0.2) is 14.3 Å². The predicted octanol–water partition coefficient (Wildman–Crippen LogP) is 0.757. The van der Waals surface area contributed by atoms with E-state index in [9.17, 15) is 9.59 Å². The molecule has 11 nitrogen and oxygen atoms in total. The van der Waals surface area contributed by atoms with Crippen LogP contribution in [0.3, 0.4) is 0 Å². The van der Waals surface area contributed by atoms with Crippen LogP contribution in [-0.2, 0) is 6.54 Å². The smallest absolute Gasteiger partial charge is 0.313 e. The molecular weight excluding hydrogens is 398 g/mol. The molecule has 0 aliphatic carbocycles. The van der Waals surface area contributed by atoms with Crippen LogP contribution in [0.25, 0.3) is 17.1 Å². The average Bonchev–Trinajstić information content (AvgIpc) is 3.49. The molecule has 31 heavy (non-hydrogen) atoms. The summed E-state index contributed by atoms with van der Waals surface area (Å²) in [5, 5.41) is 13.8. The van der Waals surface area contributed by atoms with Gasteiger partial charge in [0, 0.05) is 24.7 Å².